The first kappa shape index (κ1) is 19.9. The second-order valence-electron chi connectivity index (χ2n) is 9.06. The van der Waals surface area contributed by atoms with Gasteiger partial charge in [-0.15, -0.1) is 10.2 Å². The first-order valence-electron chi connectivity index (χ1n) is 11.6. The second-order valence-corrected chi connectivity index (χ2v) is 9.06. The van der Waals surface area contributed by atoms with Gasteiger partial charge < -0.3 is 10.2 Å². The van der Waals surface area contributed by atoms with Crippen LogP contribution in [0.3, 0.4) is 0 Å². The van der Waals surface area contributed by atoms with Crippen LogP contribution in [-0.4, -0.2) is 44.4 Å². The number of anilines is 1. The van der Waals surface area contributed by atoms with Crippen molar-refractivity contribution in [1.82, 2.24) is 19.5 Å². The van der Waals surface area contributed by atoms with E-state index in [1.807, 2.05) is 70.1 Å². The Labute approximate surface area is 191 Å². The van der Waals surface area contributed by atoms with E-state index in [9.17, 15) is 9.59 Å². The van der Waals surface area contributed by atoms with Crippen molar-refractivity contribution in [2.75, 3.05) is 18.4 Å². The van der Waals surface area contributed by atoms with Crippen molar-refractivity contribution in [2.45, 2.75) is 31.6 Å². The number of fused-ring (bicyclic) bond motifs is 2. The topological polar surface area (TPSA) is 79.6 Å². The highest BCUT2D eigenvalue weighted by molar-refractivity contribution is 6.08. The summed E-state index contributed by atoms with van der Waals surface area (Å²) in [5.41, 5.74) is 2.02. The number of pyridine rings is 1. The number of carbonyl (C=O) groups excluding carboxylic acids is 2. The zero-order chi connectivity index (χ0) is 22.4. The lowest BCUT2D eigenvalue weighted by atomic mass is 9.95. The van der Waals surface area contributed by atoms with Gasteiger partial charge >= 0.3 is 0 Å². The van der Waals surface area contributed by atoms with Crippen LogP contribution in [0, 0.1) is 5.92 Å². The summed E-state index contributed by atoms with van der Waals surface area (Å²) in [6.45, 7) is 1.29. The van der Waals surface area contributed by atoms with Crippen LogP contribution >= 0.6 is 0 Å². The van der Waals surface area contributed by atoms with Crippen LogP contribution in [0.2, 0.25) is 0 Å². The molecule has 1 N–H and O–H groups in total. The largest absolute Gasteiger partial charge is 0.339 e. The molecule has 3 heterocycles. The molecule has 2 aromatic heterocycles. The predicted octanol–water partition coefficient (Wildman–Crippen LogP) is 4.25. The number of hydrogen-bond acceptors (Lipinski definition) is 4. The van der Waals surface area contributed by atoms with Gasteiger partial charge in [0, 0.05) is 31.1 Å². The van der Waals surface area contributed by atoms with Crippen molar-refractivity contribution in [1.29, 1.82) is 0 Å². The Bertz CT molecular complexity index is 1370. The van der Waals surface area contributed by atoms with Crippen LogP contribution < -0.4 is 5.32 Å². The van der Waals surface area contributed by atoms with Gasteiger partial charge in [-0.3, -0.25) is 14.0 Å². The number of nitrogens with one attached hydrogen (secondary N) is 1. The Morgan fingerprint density at radius 1 is 0.879 bits per heavy atom. The molecule has 0 atom stereocenters. The zero-order valence-corrected chi connectivity index (χ0v) is 18.3. The Balaban J connectivity index is 1.24. The van der Waals surface area contributed by atoms with E-state index in [0.29, 0.717) is 24.3 Å². The Hall–Kier alpha value is -3.74. The van der Waals surface area contributed by atoms with Gasteiger partial charge in [-0.05, 0) is 60.7 Å². The fraction of sp³-hybridized carbons (Fsp3) is 0.308. The first-order valence-corrected chi connectivity index (χ1v) is 11.6. The van der Waals surface area contributed by atoms with Gasteiger partial charge in [0.15, 0.2) is 5.65 Å². The summed E-state index contributed by atoms with van der Waals surface area (Å²) >= 11 is 0. The standard InChI is InChI=1S/C26H25N5O2/c32-25(18-8-9-18)27-22-16-20-6-2-1-5-19(20)15-21(22)26(33)30-13-10-17(11-14-30)24-29-28-23-7-3-4-12-31(23)24/h1-7,12,15-18H,8-11,13-14H2,(H,27,32). The molecule has 1 saturated heterocycles. The number of hydrogen-bond donors (Lipinski definition) is 1. The number of rotatable bonds is 4. The van der Waals surface area contributed by atoms with E-state index in [2.05, 4.69) is 15.5 Å². The molecule has 7 nitrogen and oxygen atoms in total. The third kappa shape index (κ3) is 3.73. The van der Waals surface area contributed by atoms with Gasteiger partial charge in [-0.1, -0.05) is 30.3 Å². The molecule has 2 aliphatic rings. The van der Waals surface area contributed by atoms with Crippen molar-refractivity contribution in [3.05, 3.63) is 72.2 Å². The lowest BCUT2D eigenvalue weighted by Crippen LogP contribution is -2.38. The lowest BCUT2D eigenvalue weighted by molar-refractivity contribution is -0.117. The van der Waals surface area contributed by atoms with E-state index in [4.69, 9.17) is 0 Å². The number of piperidine rings is 1. The van der Waals surface area contributed by atoms with Gasteiger partial charge in [0.25, 0.3) is 5.91 Å². The molecule has 0 spiro atoms. The number of nitrogens with zero attached hydrogens (tertiary/aromatic N) is 4. The fourth-order valence-electron chi connectivity index (χ4n) is 4.75. The number of likely N-dealkylation sites (tertiary alicyclic amines) is 1. The number of amides is 2. The summed E-state index contributed by atoms with van der Waals surface area (Å²) < 4.78 is 2.04. The molecule has 0 bridgehead atoms. The summed E-state index contributed by atoms with van der Waals surface area (Å²) in [5, 5.41) is 13.7. The molecular weight excluding hydrogens is 414 g/mol. The minimum Gasteiger partial charge on any atom is -0.339 e. The Morgan fingerprint density at radius 3 is 2.36 bits per heavy atom. The molecule has 6 rings (SSSR count). The van der Waals surface area contributed by atoms with Crippen LogP contribution in [0.5, 0.6) is 0 Å². The fourth-order valence-corrected chi connectivity index (χ4v) is 4.75. The van der Waals surface area contributed by atoms with E-state index < -0.39 is 0 Å². The molecule has 0 unspecified atom stereocenters. The third-order valence-corrected chi connectivity index (χ3v) is 6.81. The molecule has 33 heavy (non-hydrogen) atoms. The van der Waals surface area contributed by atoms with Crippen molar-refractivity contribution < 1.29 is 9.59 Å². The molecule has 4 aromatic rings. The predicted molar refractivity (Wildman–Crippen MR) is 126 cm³/mol. The maximum atomic E-state index is 13.6. The van der Waals surface area contributed by atoms with Crippen LogP contribution in [0.4, 0.5) is 5.69 Å². The number of aromatic nitrogens is 3. The summed E-state index contributed by atoms with van der Waals surface area (Å²) in [6.07, 6.45) is 5.50. The van der Waals surface area contributed by atoms with Crippen LogP contribution in [0.25, 0.3) is 16.4 Å². The summed E-state index contributed by atoms with van der Waals surface area (Å²) in [4.78, 5) is 28.0. The second kappa shape index (κ2) is 7.99. The minimum absolute atomic E-state index is 0.0109. The molecule has 1 saturated carbocycles. The highest BCUT2D eigenvalue weighted by Crippen LogP contribution is 2.33. The normalized spacial score (nSPS) is 16.9. The molecule has 1 aliphatic heterocycles. The van der Waals surface area contributed by atoms with E-state index >= 15 is 0 Å². The minimum atomic E-state index is -0.0311. The summed E-state index contributed by atoms with van der Waals surface area (Å²) in [6, 6.07) is 17.7. The SMILES string of the molecule is O=C(Nc1cc2ccccc2cc1C(=O)N1CCC(c2nnc3ccccn23)CC1)C1CC1. The zero-order valence-electron chi connectivity index (χ0n) is 18.3. The molecule has 2 amide bonds. The van der Waals surface area contributed by atoms with Gasteiger partial charge in [0.1, 0.15) is 5.82 Å². The van der Waals surface area contributed by atoms with Gasteiger partial charge in [0.2, 0.25) is 5.91 Å². The smallest absolute Gasteiger partial charge is 0.255 e. The van der Waals surface area contributed by atoms with Crippen LogP contribution in [0.15, 0.2) is 60.8 Å². The van der Waals surface area contributed by atoms with Crippen molar-refractivity contribution in [3.8, 4) is 0 Å². The van der Waals surface area contributed by atoms with Crippen molar-refractivity contribution >= 4 is 33.9 Å². The Kier molecular flexibility index (Phi) is 4.82. The molecule has 0 radical (unpaired) electrons. The van der Waals surface area contributed by atoms with E-state index in [-0.39, 0.29) is 23.7 Å². The van der Waals surface area contributed by atoms with Gasteiger partial charge in [-0.2, -0.15) is 0 Å². The number of benzene rings is 2. The van der Waals surface area contributed by atoms with E-state index in [0.717, 1.165) is 47.9 Å². The van der Waals surface area contributed by atoms with Gasteiger partial charge in [0.05, 0.1) is 11.3 Å². The quantitative estimate of drug-likeness (QED) is 0.516. The average molecular weight is 440 g/mol. The van der Waals surface area contributed by atoms with Crippen LogP contribution in [-0.2, 0) is 4.79 Å². The van der Waals surface area contributed by atoms with E-state index in [1.165, 1.54) is 0 Å². The maximum Gasteiger partial charge on any atom is 0.255 e. The van der Waals surface area contributed by atoms with Gasteiger partial charge in [-0.25, -0.2) is 0 Å². The molecule has 1 aliphatic carbocycles. The molecular formula is C26H25N5O2. The van der Waals surface area contributed by atoms with Crippen molar-refractivity contribution in [2.24, 2.45) is 5.92 Å². The third-order valence-electron chi connectivity index (χ3n) is 6.81. The average Bonchev–Trinajstić information content (AvgIpc) is 3.63. The summed E-state index contributed by atoms with van der Waals surface area (Å²) in [7, 11) is 0. The molecule has 2 fully saturated rings. The lowest BCUT2D eigenvalue weighted by Gasteiger charge is -2.32. The summed E-state index contributed by atoms with van der Waals surface area (Å²) in [5.74, 6) is 1.28. The first-order chi connectivity index (χ1) is 16.2. The number of carbonyl (C=O) groups is 2. The monoisotopic (exact) mass is 439 g/mol. The van der Waals surface area contributed by atoms with Crippen molar-refractivity contribution in [3.63, 3.8) is 0 Å². The maximum absolute atomic E-state index is 13.6. The molecule has 166 valence electrons. The van der Waals surface area contributed by atoms with Crippen LogP contribution in [0.1, 0.15) is 47.8 Å². The molecule has 2 aromatic carbocycles. The van der Waals surface area contributed by atoms with E-state index in [1.54, 1.807) is 0 Å². The molecule has 7 heteroatoms. The Morgan fingerprint density at radius 2 is 1.61 bits per heavy atom. The highest BCUT2D eigenvalue weighted by atomic mass is 16.2. The highest BCUT2D eigenvalue weighted by Gasteiger charge is 2.32.